The van der Waals surface area contributed by atoms with Crippen LogP contribution in [0.3, 0.4) is 0 Å². The van der Waals surface area contributed by atoms with Crippen LogP contribution in [0.1, 0.15) is 28.9 Å². The van der Waals surface area contributed by atoms with Crippen LogP contribution >= 0.6 is 11.3 Å². The van der Waals surface area contributed by atoms with Crippen LogP contribution in [-0.4, -0.2) is 72.9 Å². The molecule has 2 aliphatic rings. The number of aromatic nitrogens is 5. The first-order chi connectivity index (χ1) is 17.4. The Kier molecular flexibility index (Phi) is 5.58. The highest BCUT2D eigenvalue weighted by atomic mass is 32.1. The van der Waals surface area contributed by atoms with E-state index in [4.69, 9.17) is 4.74 Å². The average Bonchev–Trinajstić information content (AvgIpc) is 3.58. The van der Waals surface area contributed by atoms with Gasteiger partial charge in [-0.2, -0.15) is 10.2 Å². The van der Waals surface area contributed by atoms with Crippen molar-refractivity contribution in [3.63, 3.8) is 0 Å². The van der Waals surface area contributed by atoms with E-state index in [1.165, 1.54) is 11.3 Å². The smallest absolute Gasteiger partial charge is 0.260 e. The maximum absolute atomic E-state index is 13.2. The molecule has 0 unspecified atom stereocenters. The second-order valence-electron chi connectivity index (χ2n) is 9.41. The van der Waals surface area contributed by atoms with E-state index < -0.39 is 0 Å². The number of carbonyl (C=O) groups excluding carboxylic acids is 2. The summed E-state index contributed by atoms with van der Waals surface area (Å²) >= 11 is 1.47. The molecule has 4 aromatic rings. The number of rotatable bonds is 6. The number of hydrogen-bond acceptors (Lipinski definition) is 8. The molecular weight excluding hydrogens is 480 g/mol. The molecule has 4 aromatic heterocycles. The van der Waals surface area contributed by atoms with Crippen LogP contribution in [0.4, 0.5) is 11.4 Å². The fraction of sp³-hybridized carbons (Fsp3) is 0.375. The van der Waals surface area contributed by atoms with Gasteiger partial charge in [-0.1, -0.05) is 0 Å². The van der Waals surface area contributed by atoms with Crippen molar-refractivity contribution < 1.29 is 14.3 Å². The van der Waals surface area contributed by atoms with Crippen molar-refractivity contribution in [1.82, 2.24) is 29.3 Å². The number of anilines is 2. The van der Waals surface area contributed by atoms with E-state index in [-0.39, 0.29) is 17.4 Å². The summed E-state index contributed by atoms with van der Waals surface area (Å²) in [5.74, 6) is -0.395. The predicted molar refractivity (Wildman–Crippen MR) is 135 cm³/mol. The molecule has 2 amide bonds. The largest absolute Gasteiger partial charge is 0.377 e. The maximum atomic E-state index is 13.2. The maximum Gasteiger partial charge on any atom is 0.260 e. The molecule has 6 rings (SSSR count). The lowest BCUT2D eigenvalue weighted by molar-refractivity contribution is -0.135. The molecule has 0 saturated carbocycles. The van der Waals surface area contributed by atoms with Crippen LogP contribution in [-0.2, 0) is 16.6 Å². The molecule has 6 heterocycles. The molecule has 2 aliphatic heterocycles. The second kappa shape index (κ2) is 8.80. The third kappa shape index (κ3) is 4.06. The number of nitrogens with zero attached hydrogens (tertiary/aromatic N) is 6. The van der Waals surface area contributed by atoms with E-state index in [0.29, 0.717) is 42.4 Å². The van der Waals surface area contributed by atoms with Gasteiger partial charge in [-0.3, -0.25) is 24.2 Å². The van der Waals surface area contributed by atoms with Gasteiger partial charge in [0.1, 0.15) is 4.83 Å². The Morgan fingerprint density at radius 3 is 2.78 bits per heavy atom. The Hall–Kier alpha value is -3.61. The van der Waals surface area contributed by atoms with Crippen molar-refractivity contribution in [2.24, 2.45) is 7.05 Å². The average molecular weight is 507 g/mol. The zero-order chi connectivity index (χ0) is 24.9. The molecule has 0 bridgehead atoms. The van der Waals surface area contributed by atoms with Gasteiger partial charge in [0.25, 0.3) is 5.91 Å². The summed E-state index contributed by atoms with van der Waals surface area (Å²) in [5, 5.41) is 14.4. The van der Waals surface area contributed by atoms with Gasteiger partial charge in [0, 0.05) is 25.0 Å². The molecule has 2 saturated heterocycles. The third-order valence-corrected chi connectivity index (χ3v) is 8.03. The van der Waals surface area contributed by atoms with Crippen LogP contribution in [0.25, 0.3) is 15.3 Å². The summed E-state index contributed by atoms with van der Waals surface area (Å²) in [4.78, 5) is 34.2. The summed E-state index contributed by atoms with van der Waals surface area (Å²) in [7, 11) is 1.86. The number of ether oxygens (including phenoxy) is 1. The molecule has 0 aliphatic carbocycles. The lowest BCUT2D eigenvalue weighted by atomic mass is 9.94. The minimum atomic E-state index is -0.290. The van der Waals surface area contributed by atoms with Crippen molar-refractivity contribution in [2.75, 3.05) is 36.9 Å². The molecule has 2 fully saturated rings. The normalized spacial score (nSPS) is 16.9. The van der Waals surface area contributed by atoms with Crippen molar-refractivity contribution in [2.45, 2.75) is 25.3 Å². The molecule has 186 valence electrons. The molecule has 12 heteroatoms. The Labute approximate surface area is 211 Å². The van der Waals surface area contributed by atoms with E-state index in [1.807, 2.05) is 26.4 Å². The zero-order valence-electron chi connectivity index (χ0n) is 20.0. The molecular formula is C24H26N8O3S. The van der Waals surface area contributed by atoms with Crippen molar-refractivity contribution in [3.8, 4) is 10.4 Å². The molecule has 1 spiro atoms. The topological polar surface area (TPSA) is 119 Å². The molecule has 0 aromatic carbocycles. The van der Waals surface area contributed by atoms with E-state index in [9.17, 15) is 9.59 Å². The van der Waals surface area contributed by atoms with E-state index in [1.54, 1.807) is 33.9 Å². The zero-order valence-corrected chi connectivity index (χ0v) is 20.8. The summed E-state index contributed by atoms with van der Waals surface area (Å²) in [6, 6.07) is 1.74. The molecule has 11 nitrogen and oxygen atoms in total. The number of likely N-dealkylation sites (tertiary alicyclic amines) is 1. The Balaban J connectivity index is 1.16. The number of amides is 2. The standard InChI is InChI=1S/C24H26N8O3S/c1-15-19(6-17(8-25-15)28-21(33)12-31-5-3-4-24(31)13-35-14-24)29-22(34)18-9-27-32-11-20(36-23(18)32)16-7-26-30(2)10-16/h6-11H,3-5,12-14H2,1-2H3,(H,28,33)(H,29,34). The van der Waals surface area contributed by atoms with Crippen LogP contribution in [0.15, 0.2) is 37.1 Å². The number of fused-ring (bicyclic) bond motifs is 1. The first kappa shape index (κ1) is 22.8. The summed E-state index contributed by atoms with van der Waals surface area (Å²) in [5.41, 5.74) is 3.17. The predicted octanol–water partition coefficient (Wildman–Crippen LogP) is 2.56. The van der Waals surface area contributed by atoms with Crippen LogP contribution in [0, 0.1) is 6.92 Å². The van der Waals surface area contributed by atoms with Gasteiger partial charge in [0.05, 0.1) is 71.4 Å². The first-order valence-electron chi connectivity index (χ1n) is 11.8. The van der Waals surface area contributed by atoms with Gasteiger partial charge < -0.3 is 15.4 Å². The minimum Gasteiger partial charge on any atom is -0.377 e. The van der Waals surface area contributed by atoms with E-state index in [0.717, 1.165) is 34.7 Å². The fourth-order valence-electron chi connectivity index (χ4n) is 4.82. The van der Waals surface area contributed by atoms with Gasteiger partial charge in [-0.05, 0) is 32.4 Å². The highest BCUT2D eigenvalue weighted by molar-refractivity contribution is 7.21. The number of nitrogens with one attached hydrogen (secondary N) is 2. The van der Waals surface area contributed by atoms with Crippen molar-refractivity contribution in [3.05, 3.63) is 48.3 Å². The fourth-order valence-corrected chi connectivity index (χ4v) is 5.85. The molecule has 36 heavy (non-hydrogen) atoms. The summed E-state index contributed by atoms with van der Waals surface area (Å²) < 4.78 is 8.84. The minimum absolute atomic E-state index is 0.0254. The molecule has 2 N–H and O–H groups in total. The van der Waals surface area contributed by atoms with Gasteiger partial charge in [-0.15, -0.1) is 11.3 Å². The quantitative estimate of drug-likeness (QED) is 0.413. The summed E-state index contributed by atoms with van der Waals surface area (Å²) in [6.45, 7) is 4.41. The summed E-state index contributed by atoms with van der Waals surface area (Å²) in [6.07, 6.45) is 10.9. The second-order valence-corrected chi connectivity index (χ2v) is 10.4. The van der Waals surface area contributed by atoms with Crippen LogP contribution in [0.2, 0.25) is 0 Å². The Bertz CT molecular complexity index is 1470. The van der Waals surface area contributed by atoms with Crippen molar-refractivity contribution in [1.29, 1.82) is 0 Å². The van der Waals surface area contributed by atoms with Crippen LogP contribution < -0.4 is 10.6 Å². The van der Waals surface area contributed by atoms with Gasteiger partial charge in [0.15, 0.2) is 0 Å². The van der Waals surface area contributed by atoms with Gasteiger partial charge >= 0.3 is 0 Å². The lowest BCUT2D eigenvalue weighted by Gasteiger charge is -2.44. The highest BCUT2D eigenvalue weighted by Gasteiger charge is 2.47. The third-order valence-electron chi connectivity index (χ3n) is 6.87. The highest BCUT2D eigenvalue weighted by Crippen LogP contribution is 2.35. The number of pyridine rings is 1. The Morgan fingerprint density at radius 1 is 1.17 bits per heavy atom. The number of carbonyl (C=O) groups is 2. The molecule has 0 radical (unpaired) electrons. The van der Waals surface area contributed by atoms with E-state index >= 15 is 0 Å². The van der Waals surface area contributed by atoms with Crippen molar-refractivity contribution >= 4 is 39.4 Å². The van der Waals surface area contributed by atoms with E-state index in [2.05, 4.69) is 30.7 Å². The van der Waals surface area contributed by atoms with Gasteiger partial charge in [-0.25, -0.2) is 4.52 Å². The van der Waals surface area contributed by atoms with Gasteiger partial charge in [0.2, 0.25) is 5.91 Å². The number of thiazole rings is 1. The lowest BCUT2D eigenvalue weighted by Crippen LogP contribution is -2.60. The number of aryl methyl sites for hydroxylation is 2. The first-order valence-corrected chi connectivity index (χ1v) is 12.6. The SMILES string of the molecule is Cc1ncc(NC(=O)CN2CCCC23COC3)cc1NC(=O)c1cnn2cc(-c3cnn(C)c3)sc12. The number of hydrogen-bond donors (Lipinski definition) is 2. The monoisotopic (exact) mass is 506 g/mol. The van der Waals surface area contributed by atoms with Crippen LogP contribution in [0.5, 0.6) is 0 Å². The Morgan fingerprint density at radius 2 is 2.03 bits per heavy atom. The molecule has 0 atom stereocenters.